The molecule has 0 aromatic heterocycles. The van der Waals surface area contributed by atoms with Crippen molar-refractivity contribution in [3.8, 4) is 0 Å². The predicted octanol–water partition coefficient (Wildman–Crippen LogP) is 1.78. The van der Waals surface area contributed by atoms with Gasteiger partial charge in [-0.2, -0.15) is 0 Å². The third-order valence-corrected chi connectivity index (χ3v) is 5.29. The molecule has 2 aliphatic heterocycles. The molecule has 2 unspecified atom stereocenters. The molecule has 18 heavy (non-hydrogen) atoms. The lowest BCUT2D eigenvalue weighted by atomic mass is 9.89. The summed E-state index contributed by atoms with van der Waals surface area (Å²) in [5.74, 6) is 1.76. The van der Waals surface area contributed by atoms with Crippen LogP contribution in [0.1, 0.15) is 39.5 Å². The van der Waals surface area contributed by atoms with E-state index in [1.165, 1.54) is 45.3 Å². The summed E-state index contributed by atoms with van der Waals surface area (Å²) in [7, 11) is 2.23. The molecule has 106 valence electrons. The first-order valence-electron chi connectivity index (χ1n) is 7.71. The van der Waals surface area contributed by atoms with Crippen LogP contribution in [0, 0.1) is 11.8 Å². The number of rotatable bonds is 3. The molecule has 2 rings (SSSR count). The van der Waals surface area contributed by atoms with Crippen molar-refractivity contribution in [2.24, 2.45) is 17.6 Å². The fraction of sp³-hybridized carbons (Fsp3) is 1.00. The van der Waals surface area contributed by atoms with Gasteiger partial charge in [-0.05, 0) is 64.2 Å². The van der Waals surface area contributed by atoms with Gasteiger partial charge in [-0.25, -0.2) is 0 Å². The fourth-order valence-corrected chi connectivity index (χ4v) is 3.88. The molecule has 2 saturated heterocycles. The van der Waals surface area contributed by atoms with E-state index in [2.05, 4.69) is 30.7 Å². The maximum Gasteiger partial charge on any atom is 0.0470 e. The van der Waals surface area contributed by atoms with Gasteiger partial charge < -0.3 is 10.6 Å². The molecule has 0 spiro atoms. The van der Waals surface area contributed by atoms with Crippen LogP contribution in [0.2, 0.25) is 0 Å². The van der Waals surface area contributed by atoms with Crippen LogP contribution in [0.3, 0.4) is 0 Å². The highest BCUT2D eigenvalue weighted by molar-refractivity contribution is 5.00. The van der Waals surface area contributed by atoms with Gasteiger partial charge in [0, 0.05) is 18.6 Å². The van der Waals surface area contributed by atoms with E-state index in [4.69, 9.17) is 5.73 Å². The van der Waals surface area contributed by atoms with Crippen molar-refractivity contribution in [3.05, 3.63) is 0 Å². The van der Waals surface area contributed by atoms with Gasteiger partial charge >= 0.3 is 0 Å². The summed E-state index contributed by atoms with van der Waals surface area (Å²) in [4.78, 5) is 5.16. The van der Waals surface area contributed by atoms with Gasteiger partial charge in [0.25, 0.3) is 0 Å². The Morgan fingerprint density at radius 3 is 2.56 bits per heavy atom. The van der Waals surface area contributed by atoms with E-state index >= 15 is 0 Å². The molecule has 0 aliphatic carbocycles. The number of hydrogen-bond acceptors (Lipinski definition) is 3. The highest BCUT2D eigenvalue weighted by atomic mass is 15.3. The summed E-state index contributed by atoms with van der Waals surface area (Å²) >= 11 is 0. The SMILES string of the molecule is CC(C)C1CCCN(C2(CN)CCN(C)C2)CC1. The Hall–Kier alpha value is -0.120. The molecule has 0 aromatic rings. The Morgan fingerprint density at radius 2 is 2.00 bits per heavy atom. The molecule has 2 N–H and O–H groups in total. The van der Waals surface area contributed by atoms with Crippen LogP contribution in [0.5, 0.6) is 0 Å². The topological polar surface area (TPSA) is 32.5 Å². The number of likely N-dealkylation sites (N-methyl/N-ethyl adjacent to an activating group) is 1. The van der Waals surface area contributed by atoms with E-state index in [1.54, 1.807) is 0 Å². The first kappa shape index (κ1) is 14.3. The molecule has 0 amide bonds. The molecule has 3 heteroatoms. The first-order valence-corrected chi connectivity index (χ1v) is 7.71. The number of hydrogen-bond donors (Lipinski definition) is 1. The number of likely N-dealkylation sites (tertiary alicyclic amines) is 2. The largest absolute Gasteiger partial charge is 0.329 e. The zero-order valence-electron chi connectivity index (χ0n) is 12.5. The average Bonchev–Trinajstić information content (AvgIpc) is 2.59. The van der Waals surface area contributed by atoms with Gasteiger partial charge in [-0.15, -0.1) is 0 Å². The molecule has 2 heterocycles. The molecule has 2 aliphatic rings. The van der Waals surface area contributed by atoms with Crippen molar-refractivity contribution in [3.63, 3.8) is 0 Å². The van der Waals surface area contributed by atoms with Crippen molar-refractivity contribution < 1.29 is 0 Å². The molecule has 3 nitrogen and oxygen atoms in total. The average molecular weight is 253 g/mol. The minimum absolute atomic E-state index is 0.278. The molecule has 2 fully saturated rings. The van der Waals surface area contributed by atoms with E-state index in [9.17, 15) is 0 Å². The summed E-state index contributed by atoms with van der Waals surface area (Å²) in [6, 6.07) is 0. The number of nitrogens with two attached hydrogens (primary N) is 1. The summed E-state index contributed by atoms with van der Waals surface area (Å²) in [6.45, 7) is 10.5. The maximum atomic E-state index is 6.14. The van der Waals surface area contributed by atoms with Crippen LogP contribution < -0.4 is 5.73 Å². The van der Waals surface area contributed by atoms with Gasteiger partial charge in [0.15, 0.2) is 0 Å². The van der Waals surface area contributed by atoms with Crippen molar-refractivity contribution >= 4 is 0 Å². The molecule has 2 atom stereocenters. The molecular weight excluding hydrogens is 222 g/mol. The summed E-state index contributed by atoms with van der Waals surface area (Å²) < 4.78 is 0. The standard InChI is InChI=1S/C15H31N3/c1-13(2)14-5-4-8-18(9-6-14)15(11-16)7-10-17(3)12-15/h13-14H,4-12,16H2,1-3H3. The lowest BCUT2D eigenvalue weighted by Gasteiger charge is -2.40. The monoisotopic (exact) mass is 253 g/mol. The Labute approximate surface area is 113 Å². The number of nitrogens with zero attached hydrogens (tertiary/aromatic N) is 2. The zero-order chi connectivity index (χ0) is 13.2. The summed E-state index contributed by atoms with van der Waals surface area (Å²) in [5.41, 5.74) is 6.42. The third kappa shape index (κ3) is 2.89. The highest BCUT2D eigenvalue weighted by Gasteiger charge is 2.41. The second-order valence-corrected chi connectivity index (χ2v) is 6.84. The smallest absolute Gasteiger partial charge is 0.0470 e. The predicted molar refractivity (Wildman–Crippen MR) is 77.7 cm³/mol. The Bertz CT molecular complexity index is 266. The van der Waals surface area contributed by atoms with Crippen molar-refractivity contribution in [2.45, 2.75) is 45.1 Å². The lowest BCUT2D eigenvalue weighted by Crippen LogP contribution is -2.55. The minimum atomic E-state index is 0.278. The summed E-state index contributed by atoms with van der Waals surface area (Å²) in [6.07, 6.45) is 5.38. The van der Waals surface area contributed by atoms with Crippen LogP contribution in [-0.4, -0.2) is 55.1 Å². The Balaban J connectivity index is 2.00. The molecule has 0 radical (unpaired) electrons. The van der Waals surface area contributed by atoms with E-state index in [1.807, 2.05) is 0 Å². The molecule has 0 saturated carbocycles. The maximum absolute atomic E-state index is 6.14. The Morgan fingerprint density at radius 1 is 1.22 bits per heavy atom. The van der Waals surface area contributed by atoms with Gasteiger partial charge in [-0.3, -0.25) is 4.90 Å². The zero-order valence-corrected chi connectivity index (χ0v) is 12.5. The van der Waals surface area contributed by atoms with E-state index in [0.29, 0.717) is 0 Å². The molecule has 0 aromatic carbocycles. The van der Waals surface area contributed by atoms with Gasteiger partial charge in [0.1, 0.15) is 0 Å². The van der Waals surface area contributed by atoms with Crippen LogP contribution in [-0.2, 0) is 0 Å². The normalized spacial score (nSPS) is 36.2. The van der Waals surface area contributed by atoms with E-state index in [-0.39, 0.29) is 5.54 Å². The van der Waals surface area contributed by atoms with Crippen LogP contribution in [0.4, 0.5) is 0 Å². The van der Waals surface area contributed by atoms with Crippen molar-refractivity contribution in [1.82, 2.24) is 9.80 Å². The lowest BCUT2D eigenvalue weighted by molar-refractivity contribution is 0.103. The van der Waals surface area contributed by atoms with E-state index < -0.39 is 0 Å². The van der Waals surface area contributed by atoms with Gasteiger partial charge in [0.2, 0.25) is 0 Å². The summed E-state index contributed by atoms with van der Waals surface area (Å²) in [5, 5.41) is 0. The van der Waals surface area contributed by atoms with Gasteiger partial charge in [-0.1, -0.05) is 13.8 Å². The highest BCUT2D eigenvalue weighted by Crippen LogP contribution is 2.32. The van der Waals surface area contributed by atoms with Crippen molar-refractivity contribution in [1.29, 1.82) is 0 Å². The van der Waals surface area contributed by atoms with Crippen LogP contribution in [0.15, 0.2) is 0 Å². The third-order valence-electron chi connectivity index (χ3n) is 5.29. The second-order valence-electron chi connectivity index (χ2n) is 6.84. The fourth-order valence-electron chi connectivity index (χ4n) is 3.88. The molecular formula is C15H31N3. The quantitative estimate of drug-likeness (QED) is 0.832. The second kappa shape index (κ2) is 5.89. The molecule has 0 bridgehead atoms. The van der Waals surface area contributed by atoms with Crippen LogP contribution >= 0.6 is 0 Å². The van der Waals surface area contributed by atoms with Gasteiger partial charge in [0.05, 0.1) is 0 Å². The van der Waals surface area contributed by atoms with Crippen LogP contribution in [0.25, 0.3) is 0 Å². The van der Waals surface area contributed by atoms with Crippen molar-refractivity contribution in [2.75, 3.05) is 39.8 Å². The first-order chi connectivity index (χ1) is 8.57. The minimum Gasteiger partial charge on any atom is -0.329 e. The Kier molecular flexibility index (Phi) is 4.68. The van der Waals surface area contributed by atoms with E-state index in [0.717, 1.165) is 24.9 Å².